The number of methoxy groups -OCH3 is 1. The molecule has 4 aromatic rings. The summed E-state index contributed by atoms with van der Waals surface area (Å²) in [6, 6.07) is 13.4. The number of thiazole rings is 1. The number of pyridine rings is 1. The number of hydrogen-bond donors (Lipinski definition) is 1. The molecule has 0 spiro atoms. The van der Waals surface area contributed by atoms with E-state index < -0.39 is 11.4 Å². The summed E-state index contributed by atoms with van der Waals surface area (Å²) in [6.07, 6.45) is 3.79. The number of aromatic nitrogens is 2. The molecule has 0 amide bonds. The molecule has 1 N–H and O–H groups in total. The summed E-state index contributed by atoms with van der Waals surface area (Å²) in [4.78, 5) is 36.7. The lowest BCUT2D eigenvalue weighted by molar-refractivity contribution is 0.0695. The molecule has 0 radical (unpaired) electrons. The van der Waals surface area contributed by atoms with Crippen LogP contribution in [0.2, 0.25) is 0 Å². The maximum absolute atomic E-state index is 12.8. The third-order valence-corrected chi connectivity index (χ3v) is 9.58. The molecule has 2 aromatic heterocycles. The van der Waals surface area contributed by atoms with Crippen molar-refractivity contribution in [3.8, 4) is 16.9 Å². The predicted octanol–water partition coefficient (Wildman–Crippen LogP) is 4.94. The molecule has 4 heterocycles. The molecule has 11 heteroatoms. The average Bonchev–Trinajstić information content (AvgIpc) is 3.66. The highest BCUT2D eigenvalue weighted by atomic mass is 79.9. The predicted molar refractivity (Wildman–Crippen MR) is 167 cm³/mol. The fourth-order valence-corrected chi connectivity index (χ4v) is 7.26. The van der Waals surface area contributed by atoms with Crippen molar-refractivity contribution in [2.45, 2.75) is 12.8 Å². The van der Waals surface area contributed by atoms with Gasteiger partial charge in [-0.2, -0.15) is 0 Å². The summed E-state index contributed by atoms with van der Waals surface area (Å²) in [5.74, 6) is -1.24. The Morgan fingerprint density at radius 1 is 1.02 bits per heavy atom. The van der Waals surface area contributed by atoms with Crippen LogP contribution in [-0.4, -0.2) is 85.1 Å². The van der Waals surface area contributed by atoms with Crippen LogP contribution < -0.4 is 15.2 Å². The number of rotatable bonds is 8. The second kappa shape index (κ2) is 11.9. The smallest absolute Gasteiger partial charge is 0.341 e. The molecule has 0 unspecified atom stereocenters. The van der Waals surface area contributed by atoms with Gasteiger partial charge in [0, 0.05) is 75.3 Å². The van der Waals surface area contributed by atoms with Gasteiger partial charge in [0.15, 0.2) is 10.6 Å². The van der Waals surface area contributed by atoms with E-state index in [1.807, 2.05) is 30.3 Å². The Labute approximate surface area is 250 Å². The molecule has 214 valence electrons. The minimum Gasteiger partial charge on any atom is -0.477 e. The topological polar surface area (TPSA) is 91.1 Å². The van der Waals surface area contributed by atoms with Crippen molar-refractivity contribution in [1.82, 2.24) is 14.5 Å². The molecule has 9 nitrogen and oxygen atoms in total. The van der Waals surface area contributed by atoms with Gasteiger partial charge in [0.2, 0.25) is 0 Å². The van der Waals surface area contributed by atoms with E-state index in [-0.39, 0.29) is 5.56 Å². The number of benzene rings is 2. The normalized spacial score (nSPS) is 16.1. The summed E-state index contributed by atoms with van der Waals surface area (Å²) in [6.45, 7) is 7.47. The quantitative estimate of drug-likeness (QED) is 0.290. The molecule has 2 aliphatic heterocycles. The molecular formula is C30H32BrN5O4S. The summed E-state index contributed by atoms with van der Waals surface area (Å²) >= 11 is 5.37. The SMILES string of the molecule is COCCN1CCN(c2nc3ccc(-n4cc(C(=O)O)c(=O)cc4-c4ccc(N5CCCC5)c(Br)c4)cc3s2)CC1. The lowest BCUT2D eigenvalue weighted by Gasteiger charge is -2.34. The highest BCUT2D eigenvalue weighted by molar-refractivity contribution is 9.10. The third kappa shape index (κ3) is 5.76. The van der Waals surface area contributed by atoms with Crippen LogP contribution in [0, 0.1) is 0 Å². The number of piperazine rings is 1. The average molecular weight is 639 g/mol. The molecule has 0 saturated carbocycles. The minimum atomic E-state index is -1.24. The molecule has 2 fully saturated rings. The van der Waals surface area contributed by atoms with Crippen LogP contribution >= 0.6 is 27.3 Å². The molecule has 2 saturated heterocycles. The number of ether oxygens (including phenoxy) is 1. The van der Waals surface area contributed by atoms with Crippen LogP contribution in [0.15, 0.2) is 57.9 Å². The molecule has 0 bridgehead atoms. The zero-order chi connectivity index (χ0) is 28.5. The van der Waals surface area contributed by atoms with Crippen LogP contribution in [0.4, 0.5) is 10.8 Å². The van der Waals surface area contributed by atoms with E-state index in [2.05, 4.69) is 36.7 Å². The van der Waals surface area contributed by atoms with Crippen LogP contribution in [0.25, 0.3) is 27.2 Å². The van der Waals surface area contributed by atoms with Crippen LogP contribution in [-0.2, 0) is 4.74 Å². The fraction of sp³-hybridized carbons (Fsp3) is 0.367. The van der Waals surface area contributed by atoms with Crippen molar-refractivity contribution >= 4 is 54.3 Å². The zero-order valence-electron chi connectivity index (χ0n) is 22.9. The number of aromatic carboxylic acids is 1. The molecule has 0 aliphatic carbocycles. The minimum absolute atomic E-state index is 0.266. The van der Waals surface area contributed by atoms with Gasteiger partial charge in [-0.25, -0.2) is 9.78 Å². The van der Waals surface area contributed by atoms with Gasteiger partial charge in [0.1, 0.15) is 5.56 Å². The van der Waals surface area contributed by atoms with E-state index in [0.717, 1.165) is 89.2 Å². The largest absolute Gasteiger partial charge is 0.477 e. The Morgan fingerprint density at radius 2 is 1.80 bits per heavy atom. The van der Waals surface area contributed by atoms with Gasteiger partial charge >= 0.3 is 5.97 Å². The monoisotopic (exact) mass is 637 g/mol. The number of halogens is 1. The summed E-state index contributed by atoms with van der Waals surface area (Å²) in [5.41, 5.74) is 3.46. The molecule has 2 aromatic carbocycles. The number of carbonyl (C=O) groups is 1. The maximum atomic E-state index is 12.8. The Bertz CT molecular complexity index is 1640. The highest BCUT2D eigenvalue weighted by Gasteiger charge is 2.21. The number of hydrogen-bond acceptors (Lipinski definition) is 8. The van der Waals surface area contributed by atoms with E-state index in [9.17, 15) is 14.7 Å². The van der Waals surface area contributed by atoms with Gasteiger partial charge in [-0.05, 0) is 64.7 Å². The second-order valence-electron chi connectivity index (χ2n) is 10.4. The van der Waals surface area contributed by atoms with Crippen molar-refractivity contribution in [3.05, 3.63) is 68.9 Å². The molecular weight excluding hydrogens is 606 g/mol. The number of nitrogens with zero attached hydrogens (tertiary/aromatic N) is 5. The standard InChI is InChI=1S/C30H32BrN5O4S/c1-40-15-14-33-10-12-35(13-11-33)30-32-24-6-5-21(17-28(24)41-30)36-19-22(29(38)39)27(37)18-26(36)20-4-7-25(23(31)16-20)34-8-2-3-9-34/h4-7,16-19H,2-3,8-15H2,1H3,(H,38,39). The van der Waals surface area contributed by atoms with E-state index in [1.165, 1.54) is 25.1 Å². The third-order valence-electron chi connectivity index (χ3n) is 7.86. The Kier molecular flexibility index (Phi) is 8.12. The Hall–Kier alpha value is -3.25. The van der Waals surface area contributed by atoms with Gasteiger partial charge < -0.3 is 24.2 Å². The molecule has 0 atom stereocenters. The van der Waals surface area contributed by atoms with Crippen molar-refractivity contribution < 1.29 is 14.6 Å². The van der Waals surface area contributed by atoms with Crippen molar-refractivity contribution in [2.75, 3.05) is 69.3 Å². The molecule has 6 rings (SSSR count). The van der Waals surface area contributed by atoms with Crippen LogP contribution in [0.5, 0.6) is 0 Å². The lowest BCUT2D eigenvalue weighted by Crippen LogP contribution is -2.47. The van der Waals surface area contributed by atoms with Crippen molar-refractivity contribution in [1.29, 1.82) is 0 Å². The molecule has 41 heavy (non-hydrogen) atoms. The van der Waals surface area contributed by atoms with E-state index in [0.29, 0.717) is 5.69 Å². The highest BCUT2D eigenvalue weighted by Crippen LogP contribution is 2.35. The first-order valence-corrected chi connectivity index (χ1v) is 15.4. The second-order valence-corrected chi connectivity index (χ2v) is 12.3. The van der Waals surface area contributed by atoms with Crippen molar-refractivity contribution in [2.24, 2.45) is 0 Å². The van der Waals surface area contributed by atoms with E-state index >= 15 is 0 Å². The number of carboxylic acid groups (broad SMARTS) is 1. The van der Waals surface area contributed by atoms with Gasteiger partial charge in [-0.3, -0.25) is 9.69 Å². The first-order chi connectivity index (χ1) is 19.9. The van der Waals surface area contributed by atoms with E-state index in [1.54, 1.807) is 23.0 Å². The van der Waals surface area contributed by atoms with Gasteiger partial charge in [0.05, 0.1) is 28.2 Å². The summed E-state index contributed by atoms with van der Waals surface area (Å²) < 4.78 is 8.97. The van der Waals surface area contributed by atoms with Crippen molar-refractivity contribution in [3.63, 3.8) is 0 Å². The van der Waals surface area contributed by atoms with E-state index in [4.69, 9.17) is 9.72 Å². The molecule has 2 aliphatic rings. The van der Waals surface area contributed by atoms with Crippen LogP contribution in [0.1, 0.15) is 23.2 Å². The summed E-state index contributed by atoms with van der Waals surface area (Å²) in [5, 5.41) is 10.7. The maximum Gasteiger partial charge on any atom is 0.341 e. The Balaban J connectivity index is 1.35. The lowest BCUT2D eigenvalue weighted by atomic mass is 10.1. The number of fused-ring (bicyclic) bond motifs is 1. The fourth-order valence-electron chi connectivity index (χ4n) is 5.58. The summed E-state index contributed by atoms with van der Waals surface area (Å²) in [7, 11) is 1.73. The number of anilines is 2. The number of carboxylic acids is 1. The Morgan fingerprint density at radius 3 is 2.51 bits per heavy atom. The van der Waals surface area contributed by atoms with Gasteiger partial charge in [-0.1, -0.05) is 17.4 Å². The van der Waals surface area contributed by atoms with Gasteiger partial charge in [0.25, 0.3) is 0 Å². The van der Waals surface area contributed by atoms with Gasteiger partial charge in [-0.15, -0.1) is 0 Å². The van der Waals surface area contributed by atoms with Crippen LogP contribution in [0.3, 0.4) is 0 Å². The zero-order valence-corrected chi connectivity index (χ0v) is 25.3. The first-order valence-electron chi connectivity index (χ1n) is 13.8. The first kappa shape index (κ1) is 27.9.